The van der Waals surface area contributed by atoms with Crippen LogP contribution in [0.25, 0.3) is 0 Å². The number of alkyl halides is 3. The molecule has 1 aromatic rings. The van der Waals surface area contributed by atoms with Gasteiger partial charge in [-0.1, -0.05) is 31.2 Å². The maximum atomic E-state index is 12.5. The first-order valence-corrected chi connectivity index (χ1v) is 5.79. The zero-order valence-electron chi connectivity index (χ0n) is 10.1. The molecule has 0 amide bonds. The average Bonchev–Trinajstić information content (AvgIpc) is 2.23. The molecule has 0 spiro atoms. The van der Waals surface area contributed by atoms with E-state index in [1.807, 2.05) is 26.0 Å². The molecule has 1 N–H and O–H groups in total. The first-order chi connectivity index (χ1) is 7.94. The van der Waals surface area contributed by atoms with Gasteiger partial charge < -0.3 is 5.32 Å². The summed E-state index contributed by atoms with van der Waals surface area (Å²) in [5.74, 6) is 0. The van der Waals surface area contributed by atoms with Gasteiger partial charge in [-0.25, -0.2) is 0 Å². The van der Waals surface area contributed by atoms with Crippen LogP contribution in [0.4, 0.5) is 13.2 Å². The Morgan fingerprint density at radius 2 is 1.88 bits per heavy atom. The SMILES string of the molecule is CCCNC(CC(F)(F)F)c1ccccc1C. The van der Waals surface area contributed by atoms with Gasteiger partial charge in [0.15, 0.2) is 0 Å². The largest absolute Gasteiger partial charge is 0.390 e. The summed E-state index contributed by atoms with van der Waals surface area (Å²) in [6, 6.07) is 6.57. The first kappa shape index (κ1) is 14.0. The lowest BCUT2D eigenvalue weighted by Crippen LogP contribution is -2.27. The maximum absolute atomic E-state index is 12.5. The van der Waals surface area contributed by atoms with Gasteiger partial charge in [0.1, 0.15) is 0 Å². The summed E-state index contributed by atoms with van der Waals surface area (Å²) < 4.78 is 37.5. The molecule has 17 heavy (non-hydrogen) atoms. The Kier molecular flexibility index (Phi) is 5.00. The predicted molar refractivity (Wildman–Crippen MR) is 62.9 cm³/mol. The van der Waals surface area contributed by atoms with E-state index >= 15 is 0 Å². The van der Waals surface area contributed by atoms with Crippen LogP contribution < -0.4 is 5.32 Å². The van der Waals surface area contributed by atoms with Crippen LogP contribution in [0.2, 0.25) is 0 Å². The maximum Gasteiger partial charge on any atom is 0.390 e. The van der Waals surface area contributed by atoms with E-state index in [9.17, 15) is 13.2 Å². The highest BCUT2D eigenvalue weighted by atomic mass is 19.4. The van der Waals surface area contributed by atoms with Crippen molar-refractivity contribution in [3.8, 4) is 0 Å². The van der Waals surface area contributed by atoms with Crippen molar-refractivity contribution in [3.05, 3.63) is 35.4 Å². The molecule has 0 saturated heterocycles. The van der Waals surface area contributed by atoms with Gasteiger partial charge in [0.05, 0.1) is 6.42 Å². The number of halogens is 3. The van der Waals surface area contributed by atoms with Crippen molar-refractivity contribution in [2.45, 2.75) is 38.9 Å². The second-order valence-corrected chi connectivity index (χ2v) is 4.18. The Bertz CT molecular complexity index is 347. The van der Waals surface area contributed by atoms with Crippen molar-refractivity contribution in [2.75, 3.05) is 6.54 Å². The molecule has 0 aromatic heterocycles. The molecule has 0 fully saturated rings. The number of nitrogens with one attached hydrogen (secondary N) is 1. The quantitative estimate of drug-likeness (QED) is 0.827. The molecule has 4 heteroatoms. The zero-order valence-corrected chi connectivity index (χ0v) is 10.1. The minimum absolute atomic E-state index is 0.592. The Balaban J connectivity index is 2.86. The molecular weight excluding hydrogens is 227 g/mol. The summed E-state index contributed by atoms with van der Waals surface area (Å²) in [5, 5.41) is 2.96. The molecule has 0 saturated carbocycles. The fraction of sp³-hybridized carbons (Fsp3) is 0.538. The van der Waals surface area contributed by atoms with Gasteiger partial charge in [-0.15, -0.1) is 0 Å². The van der Waals surface area contributed by atoms with Gasteiger partial charge in [-0.05, 0) is 31.0 Å². The van der Waals surface area contributed by atoms with Crippen LogP contribution in [0.15, 0.2) is 24.3 Å². The Labute approximate surface area is 100 Å². The molecule has 1 aromatic carbocycles. The number of rotatable bonds is 5. The number of benzene rings is 1. The van der Waals surface area contributed by atoms with Gasteiger partial charge in [0, 0.05) is 6.04 Å². The van der Waals surface area contributed by atoms with E-state index in [-0.39, 0.29) is 0 Å². The normalized spacial score (nSPS) is 13.7. The van der Waals surface area contributed by atoms with Crippen LogP contribution in [0.3, 0.4) is 0 Å². The number of aryl methyl sites for hydroxylation is 1. The summed E-state index contributed by atoms with van der Waals surface area (Å²) >= 11 is 0. The molecule has 1 nitrogen and oxygen atoms in total. The van der Waals surface area contributed by atoms with E-state index in [4.69, 9.17) is 0 Å². The van der Waals surface area contributed by atoms with Gasteiger partial charge in [-0.2, -0.15) is 13.2 Å². The minimum Gasteiger partial charge on any atom is -0.310 e. The number of hydrogen-bond donors (Lipinski definition) is 1. The average molecular weight is 245 g/mol. The van der Waals surface area contributed by atoms with Crippen molar-refractivity contribution in [1.29, 1.82) is 0 Å². The van der Waals surface area contributed by atoms with Crippen LogP contribution >= 0.6 is 0 Å². The summed E-state index contributed by atoms with van der Waals surface area (Å²) in [4.78, 5) is 0. The van der Waals surface area contributed by atoms with Crippen LogP contribution in [-0.4, -0.2) is 12.7 Å². The highest BCUT2D eigenvalue weighted by molar-refractivity contribution is 5.28. The molecule has 96 valence electrons. The van der Waals surface area contributed by atoms with Gasteiger partial charge in [-0.3, -0.25) is 0 Å². The van der Waals surface area contributed by atoms with E-state index in [1.165, 1.54) is 0 Å². The molecule has 1 atom stereocenters. The summed E-state index contributed by atoms with van der Waals surface area (Å²) in [6.45, 7) is 4.37. The Hall–Kier alpha value is -1.03. The molecule has 0 aliphatic heterocycles. The van der Waals surface area contributed by atoms with Gasteiger partial charge in [0.2, 0.25) is 0 Å². The van der Waals surface area contributed by atoms with Gasteiger partial charge >= 0.3 is 6.18 Å². The van der Waals surface area contributed by atoms with Crippen molar-refractivity contribution in [3.63, 3.8) is 0 Å². The van der Waals surface area contributed by atoms with Crippen LogP contribution in [0.1, 0.15) is 36.9 Å². The topological polar surface area (TPSA) is 12.0 Å². The highest BCUT2D eigenvalue weighted by Gasteiger charge is 2.32. The smallest absolute Gasteiger partial charge is 0.310 e. The van der Waals surface area contributed by atoms with E-state index in [0.29, 0.717) is 6.54 Å². The highest BCUT2D eigenvalue weighted by Crippen LogP contribution is 2.30. The molecule has 1 unspecified atom stereocenters. The van der Waals surface area contributed by atoms with Crippen LogP contribution in [-0.2, 0) is 0 Å². The van der Waals surface area contributed by atoms with E-state index in [1.54, 1.807) is 12.1 Å². The predicted octanol–water partition coefficient (Wildman–Crippen LogP) is 3.99. The summed E-state index contributed by atoms with van der Waals surface area (Å²) in [5.41, 5.74) is 1.63. The molecule has 0 heterocycles. The third kappa shape index (κ3) is 4.77. The van der Waals surface area contributed by atoms with Crippen molar-refractivity contribution in [2.24, 2.45) is 0 Å². The second kappa shape index (κ2) is 6.05. The third-order valence-electron chi connectivity index (χ3n) is 2.64. The van der Waals surface area contributed by atoms with Gasteiger partial charge in [0.25, 0.3) is 0 Å². The van der Waals surface area contributed by atoms with E-state index in [2.05, 4.69) is 5.32 Å². The molecule has 0 aliphatic carbocycles. The standard InChI is InChI=1S/C13H18F3N/c1-3-8-17-12(9-13(14,15)16)11-7-5-4-6-10(11)2/h4-7,12,17H,3,8-9H2,1-2H3. The second-order valence-electron chi connectivity index (χ2n) is 4.18. The van der Waals surface area contributed by atoms with Crippen molar-refractivity contribution < 1.29 is 13.2 Å². The lowest BCUT2D eigenvalue weighted by atomic mass is 9.98. The Morgan fingerprint density at radius 3 is 2.41 bits per heavy atom. The van der Waals surface area contributed by atoms with Crippen molar-refractivity contribution in [1.82, 2.24) is 5.32 Å². The van der Waals surface area contributed by atoms with Crippen LogP contribution in [0.5, 0.6) is 0 Å². The summed E-state index contributed by atoms with van der Waals surface area (Å²) in [7, 11) is 0. The fourth-order valence-corrected chi connectivity index (χ4v) is 1.82. The molecule has 0 aliphatic rings. The summed E-state index contributed by atoms with van der Waals surface area (Å²) in [6.07, 6.45) is -4.15. The molecule has 0 radical (unpaired) electrons. The Morgan fingerprint density at radius 1 is 1.24 bits per heavy atom. The number of hydrogen-bond acceptors (Lipinski definition) is 1. The van der Waals surface area contributed by atoms with E-state index in [0.717, 1.165) is 17.5 Å². The van der Waals surface area contributed by atoms with E-state index < -0.39 is 18.6 Å². The minimum atomic E-state index is -4.15. The van der Waals surface area contributed by atoms with Crippen LogP contribution in [0, 0.1) is 6.92 Å². The molecular formula is C13H18F3N. The first-order valence-electron chi connectivity index (χ1n) is 5.79. The monoisotopic (exact) mass is 245 g/mol. The van der Waals surface area contributed by atoms with Crippen molar-refractivity contribution >= 4 is 0 Å². The molecule has 1 rings (SSSR count). The third-order valence-corrected chi connectivity index (χ3v) is 2.64. The lowest BCUT2D eigenvalue weighted by Gasteiger charge is -2.22. The lowest BCUT2D eigenvalue weighted by molar-refractivity contribution is -0.140. The molecule has 0 bridgehead atoms. The zero-order chi connectivity index (χ0) is 12.9. The fourth-order valence-electron chi connectivity index (χ4n) is 1.82.